The fourth-order valence-electron chi connectivity index (χ4n) is 9.52. The van der Waals surface area contributed by atoms with Crippen LogP contribution in [-0.4, -0.2) is 134 Å². The topological polar surface area (TPSA) is 352 Å². The van der Waals surface area contributed by atoms with Crippen molar-refractivity contribution in [3.63, 3.8) is 0 Å². The number of hydrogen-bond donors (Lipinski definition) is 8. The Labute approximate surface area is 440 Å². The van der Waals surface area contributed by atoms with E-state index in [1.165, 1.54) is 70.7 Å². The molecule has 412 valence electrons. The van der Waals surface area contributed by atoms with Crippen LogP contribution < -0.4 is 26.6 Å². The predicted octanol–water partition coefficient (Wildman–Crippen LogP) is 4.80. The first-order valence-electron chi connectivity index (χ1n) is 24.4. The highest BCUT2D eigenvalue weighted by atomic mass is 32.2. The van der Waals surface area contributed by atoms with Crippen molar-refractivity contribution >= 4 is 51.8 Å². The number of thioether (sulfide) groups is 1. The smallest absolute Gasteiger partial charge is 0.330 e. The molecule has 5 bridgehead atoms. The summed E-state index contributed by atoms with van der Waals surface area (Å²) in [6, 6.07) is -0.779. The lowest BCUT2D eigenvalue weighted by molar-refractivity contribution is -0.160. The van der Waals surface area contributed by atoms with Gasteiger partial charge >= 0.3 is 17.4 Å². The van der Waals surface area contributed by atoms with Crippen molar-refractivity contribution in [3.05, 3.63) is 90.3 Å². The summed E-state index contributed by atoms with van der Waals surface area (Å²) in [6.07, 6.45) is 2.73. The molecule has 0 spiro atoms. The number of allylic oxidation sites excluding steroid dienone is 2. The van der Waals surface area contributed by atoms with Crippen molar-refractivity contribution in [1.29, 1.82) is 0 Å². The van der Waals surface area contributed by atoms with Gasteiger partial charge in [0, 0.05) is 96.5 Å². The SMILES string of the molecule is CO[C@H]1/C=C/O[C@@]2(C)Oc3c(C)c(O)c4c(O)c(c(SCCNC(=O)COC[C@H]5O[C@@H](n6cc(C)c(=O)[nH]c6=O)C[C@@H]5N=[N+]=[N-])c(O)c4c3C2=O)NC(=O)/C(C)=C\C=C\[C@@H](C)[C@H](O)[C@@H](C)[C@H](O)[C@H](C)[C@H](OC(C)=O)[C@@H]1C. The second-order valence-corrected chi connectivity index (χ2v) is 20.5. The molecule has 24 nitrogen and oxygen atoms in total. The van der Waals surface area contributed by atoms with Crippen molar-refractivity contribution in [2.75, 3.05) is 37.9 Å². The second-order valence-electron chi connectivity index (χ2n) is 19.4. The lowest BCUT2D eigenvalue weighted by atomic mass is 9.78. The van der Waals surface area contributed by atoms with E-state index in [1.807, 2.05) is 0 Å². The van der Waals surface area contributed by atoms with Crippen LogP contribution in [0.4, 0.5) is 5.69 Å². The summed E-state index contributed by atoms with van der Waals surface area (Å²) >= 11 is 0.868. The first-order chi connectivity index (χ1) is 35.9. The molecule has 12 atom stereocenters. The molecule has 7 rings (SSSR count). The van der Waals surface area contributed by atoms with Gasteiger partial charge in [-0.05, 0) is 32.4 Å². The molecule has 1 saturated heterocycles. The number of aliphatic hydroxyl groups is 2. The third kappa shape index (κ3) is 12.2. The molecule has 4 aliphatic heterocycles. The van der Waals surface area contributed by atoms with Crippen LogP contribution in [0.5, 0.6) is 23.0 Å². The van der Waals surface area contributed by atoms with E-state index in [1.54, 1.807) is 33.8 Å². The van der Waals surface area contributed by atoms with Crippen molar-refractivity contribution < 1.29 is 73.1 Å². The zero-order chi connectivity index (χ0) is 56.1. The van der Waals surface area contributed by atoms with E-state index in [9.17, 15) is 54.3 Å². The van der Waals surface area contributed by atoms with E-state index in [0.29, 0.717) is 0 Å². The quantitative estimate of drug-likeness (QED) is 0.0176. The van der Waals surface area contributed by atoms with Gasteiger partial charge in [-0.25, -0.2) is 4.79 Å². The van der Waals surface area contributed by atoms with Gasteiger partial charge in [0.15, 0.2) is 5.75 Å². The zero-order valence-electron chi connectivity index (χ0n) is 43.7. The summed E-state index contributed by atoms with van der Waals surface area (Å²) in [5, 5.41) is 67.3. The van der Waals surface area contributed by atoms with Crippen LogP contribution in [0.25, 0.3) is 21.2 Å². The number of hydrogen-bond acceptors (Lipinski definition) is 19. The molecule has 4 aliphatic rings. The number of anilines is 1. The second kappa shape index (κ2) is 24.4. The minimum Gasteiger partial charge on any atom is -0.507 e. The van der Waals surface area contributed by atoms with Crippen LogP contribution in [0.1, 0.15) is 82.6 Å². The number of aromatic amines is 1. The number of nitrogens with zero attached hydrogens (tertiary/aromatic N) is 4. The third-order valence-corrected chi connectivity index (χ3v) is 15.1. The number of ether oxygens (including phenoxy) is 6. The van der Waals surface area contributed by atoms with E-state index >= 15 is 0 Å². The Morgan fingerprint density at radius 3 is 2.38 bits per heavy atom. The van der Waals surface area contributed by atoms with Crippen molar-refractivity contribution in [1.82, 2.24) is 14.9 Å². The number of amides is 2. The first kappa shape index (κ1) is 58.4. The average molecular weight is 1080 g/mol. The number of phenolic OH excluding ortho intramolecular Hbond substituents is 3. The molecule has 0 saturated carbocycles. The number of nitrogens with one attached hydrogen (secondary N) is 3. The van der Waals surface area contributed by atoms with Crippen LogP contribution in [0, 0.1) is 37.5 Å². The van der Waals surface area contributed by atoms with Crippen molar-refractivity contribution in [2.24, 2.45) is 28.8 Å². The molecule has 2 amide bonds. The van der Waals surface area contributed by atoms with Gasteiger partial charge in [-0.15, -0.1) is 11.8 Å². The van der Waals surface area contributed by atoms with E-state index in [4.69, 9.17) is 34.0 Å². The van der Waals surface area contributed by atoms with Crippen LogP contribution >= 0.6 is 11.8 Å². The molecule has 0 unspecified atom stereocenters. The molecule has 2 aromatic carbocycles. The number of phenols is 3. The number of carbonyl (C=O) groups excluding carboxylic acids is 4. The Morgan fingerprint density at radius 1 is 1.00 bits per heavy atom. The number of carbonyl (C=O) groups is 4. The Morgan fingerprint density at radius 2 is 1.71 bits per heavy atom. The van der Waals surface area contributed by atoms with Gasteiger partial charge in [0.05, 0.1) is 59.2 Å². The lowest BCUT2D eigenvalue weighted by Gasteiger charge is -2.38. The lowest BCUT2D eigenvalue weighted by Crippen LogP contribution is -2.46. The maximum Gasteiger partial charge on any atom is 0.330 e. The van der Waals surface area contributed by atoms with Gasteiger partial charge in [0.2, 0.25) is 5.91 Å². The number of aryl methyl sites for hydroxylation is 1. The normalized spacial score (nSPS) is 29.6. The van der Waals surface area contributed by atoms with Crippen LogP contribution in [-0.2, 0) is 38.1 Å². The van der Waals surface area contributed by atoms with E-state index < -0.39 is 136 Å². The number of rotatable bonds is 12. The Hall–Kier alpha value is -6.86. The minimum atomic E-state index is -2.14. The highest BCUT2D eigenvalue weighted by Crippen LogP contribution is 2.57. The molecule has 5 heterocycles. The van der Waals surface area contributed by atoms with Gasteiger partial charge < -0.3 is 64.6 Å². The van der Waals surface area contributed by atoms with Crippen molar-refractivity contribution in [2.45, 2.75) is 122 Å². The predicted molar refractivity (Wildman–Crippen MR) is 276 cm³/mol. The molecule has 8 N–H and O–H groups in total. The molecule has 1 aromatic heterocycles. The molecule has 1 fully saturated rings. The largest absolute Gasteiger partial charge is 0.507 e. The van der Waals surface area contributed by atoms with Gasteiger partial charge in [0.25, 0.3) is 17.2 Å². The number of H-pyrrole nitrogens is 1. The summed E-state index contributed by atoms with van der Waals surface area (Å²) < 4.78 is 36.3. The molecular weight excluding hydrogens is 1010 g/mol. The maximum absolute atomic E-state index is 14.6. The fourth-order valence-corrected chi connectivity index (χ4v) is 10.5. The van der Waals surface area contributed by atoms with Crippen molar-refractivity contribution in [3.8, 4) is 23.0 Å². The fraction of sp³-hybridized carbons (Fsp3) is 0.529. The highest BCUT2D eigenvalue weighted by molar-refractivity contribution is 7.99. The van der Waals surface area contributed by atoms with Gasteiger partial charge in [-0.2, -0.15) is 0 Å². The Balaban J connectivity index is 1.30. The molecule has 25 heteroatoms. The number of methoxy groups -OCH3 is 1. The molecule has 3 aromatic rings. The number of aliphatic hydroxyl groups excluding tert-OH is 2. The number of aromatic nitrogens is 2. The summed E-state index contributed by atoms with van der Waals surface area (Å²) in [5.74, 6) is -9.84. The summed E-state index contributed by atoms with van der Waals surface area (Å²) in [6.45, 7) is 12.9. The van der Waals surface area contributed by atoms with Crippen LogP contribution in [0.2, 0.25) is 0 Å². The maximum atomic E-state index is 14.6. The minimum absolute atomic E-state index is 0.0196. The number of aromatic hydroxyl groups is 3. The number of azide groups is 1. The standard InChI is InChI=1S/C51H65N7O17S/c1-22-12-11-13-23(2)48(67)54-38-42(64)36-35(43(65)46(38)76-17-15-53-33(60)21-71-20-32-30(56-57-52)18-34(74-32)58-19-24(3)49(68)55-50(58)69)37-45(28(7)41(36)63)75-51(9,47(37)66)72-16-14-31(70-10)25(4)44(73-29(8)59)27(6)40(62)26(5)39(22)61/h11-14,16,19,22,25-27,30-32,34,39-40,44,61-65H,15,17-18,20-21H2,1-10H3,(H,53,60)(H,54,67)(H,55,68,69)/b12-11+,16-14+,23-13-/t22-,25-,26-,27+,30+,31+,32-,34-,39+,40+,44-,51+/m1/s1. The Bertz CT molecular complexity index is 3000. The monoisotopic (exact) mass is 1080 g/mol. The highest BCUT2D eigenvalue weighted by Gasteiger charge is 2.50. The molecule has 0 aliphatic carbocycles. The number of fused-ring (bicyclic) bond motifs is 14. The van der Waals surface area contributed by atoms with E-state index in [0.717, 1.165) is 18.0 Å². The number of benzene rings is 2. The molecule has 0 radical (unpaired) electrons. The summed E-state index contributed by atoms with van der Waals surface area (Å²) in [7, 11) is 1.40. The summed E-state index contributed by atoms with van der Waals surface area (Å²) in [4.78, 5) is 83.2. The van der Waals surface area contributed by atoms with E-state index in [2.05, 4.69) is 25.6 Å². The first-order valence-corrected chi connectivity index (χ1v) is 25.4. The van der Waals surface area contributed by atoms with Gasteiger partial charge in [-0.1, -0.05) is 51.0 Å². The zero-order valence-corrected chi connectivity index (χ0v) is 44.5. The van der Waals surface area contributed by atoms with Gasteiger partial charge in [0.1, 0.15) is 41.9 Å². The number of ketones is 1. The van der Waals surface area contributed by atoms with Crippen LogP contribution in [0.15, 0.2) is 61.9 Å². The molecule has 76 heavy (non-hydrogen) atoms. The average Bonchev–Trinajstić information content (AvgIpc) is 3.90. The number of Topliss-reactive ketones (excluding diaryl/α,β-unsaturated/α-hetero) is 1. The van der Waals surface area contributed by atoms with E-state index in [-0.39, 0.29) is 69.3 Å². The molecular formula is C51H65N7O17S. The third-order valence-electron chi connectivity index (χ3n) is 14.0. The van der Waals surface area contributed by atoms with Crippen LogP contribution in [0.3, 0.4) is 0 Å². The Kier molecular flexibility index (Phi) is 18.8. The summed E-state index contributed by atoms with van der Waals surface area (Å²) in [5.41, 5.74) is 7.59. The number of esters is 1. The van der Waals surface area contributed by atoms with Gasteiger partial charge in [-0.3, -0.25) is 33.5 Å².